The van der Waals surface area contributed by atoms with E-state index < -0.39 is 0 Å². The largest absolute Gasteiger partial charge is 0.383 e. The van der Waals surface area contributed by atoms with Gasteiger partial charge in [-0.3, -0.25) is 0 Å². The average molecular weight is 246 g/mol. The molecule has 1 aliphatic rings. The highest BCUT2D eigenvalue weighted by Gasteiger charge is 2.29. The molecule has 0 bridgehead atoms. The summed E-state index contributed by atoms with van der Waals surface area (Å²) in [5.74, 6) is 0. The first-order valence-corrected chi connectivity index (χ1v) is 6.24. The third-order valence-electron chi connectivity index (χ3n) is 2.63. The standard InChI is InChI=1S/C11H22N2O2S/c1-4-15-10-5-9(6-10)13-11(16)12-8(2)7-14-3/h8-10H,4-7H2,1-3H3,(H2,12,13,16). The van der Waals surface area contributed by atoms with Gasteiger partial charge in [-0.25, -0.2) is 0 Å². The summed E-state index contributed by atoms with van der Waals surface area (Å²) < 4.78 is 10.5. The zero-order chi connectivity index (χ0) is 12.0. The molecule has 2 N–H and O–H groups in total. The van der Waals surface area contributed by atoms with Crippen LogP contribution in [-0.2, 0) is 9.47 Å². The lowest BCUT2D eigenvalue weighted by molar-refractivity contribution is -0.00568. The van der Waals surface area contributed by atoms with Crippen LogP contribution in [-0.4, -0.2) is 43.6 Å². The lowest BCUT2D eigenvalue weighted by Gasteiger charge is -2.36. The van der Waals surface area contributed by atoms with E-state index in [4.69, 9.17) is 21.7 Å². The van der Waals surface area contributed by atoms with Gasteiger partial charge in [-0.05, 0) is 38.9 Å². The molecule has 1 unspecified atom stereocenters. The third-order valence-corrected chi connectivity index (χ3v) is 2.86. The topological polar surface area (TPSA) is 42.5 Å². The van der Waals surface area contributed by atoms with Gasteiger partial charge in [0, 0.05) is 25.8 Å². The molecule has 94 valence electrons. The number of thiocarbonyl (C=S) groups is 1. The van der Waals surface area contributed by atoms with Crippen molar-refractivity contribution < 1.29 is 9.47 Å². The Labute approximate surface area is 103 Å². The molecule has 0 aromatic carbocycles. The Morgan fingerprint density at radius 2 is 2.19 bits per heavy atom. The van der Waals surface area contributed by atoms with Gasteiger partial charge in [0.1, 0.15) is 0 Å². The minimum Gasteiger partial charge on any atom is -0.383 e. The van der Waals surface area contributed by atoms with E-state index in [1.54, 1.807) is 7.11 Å². The molecule has 0 aromatic heterocycles. The molecule has 0 amide bonds. The molecule has 4 nitrogen and oxygen atoms in total. The zero-order valence-electron chi connectivity index (χ0n) is 10.3. The van der Waals surface area contributed by atoms with Crippen LogP contribution in [0.15, 0.2) is 0 Å². The first kappa shape index (κ1) is 13.7. The van der Waals surface area contributed by atoms with Gasteiger partial charge < -0.3 is 20.1 Å². The maximum absolute atomic E-state index is 5.49. The fourth-order valence-corrected chi connectivity index (χ4v) is 2.17. The summed E-state index contributed by atoms with van der Waals surface area (Å²) in [5, 5.41) is 7.17. The quantitative estimate of drug-likeness (QED) is 0.686. The first-order valence-electron chi connectivity index (χ1n) is 5.83. The predicted octanol–water partition coefficient (Wildman–Crippen LogP) is 1.05. The van der Waals surface area contributed by atoms with E-state index in [-0.39, 0.29) is 6.04 Å². The SMILES string of the molecule is CCOC1CC(NC(=S)NC(C)COC)C1. The van der Waals surface area contributed by atoms with Crippen LogP contribution >= 0.6 is 12.2 Å². The number of hydrogen-bond donors (Lipinski definition) is 2. The Hall–Kier alpha value is -0.390. The second-order valence-electron chi connectivity index (χ2n) is 4.22. The van der Waals surface area contributed by atoms with Crippen molar-refractivity contribution in [1.29, 1.82) is 0 Å². The highest BCUT2D eigenvalue weighted by Crippen LogP contribution is 2.22. The van der Waals surface area contributed by atoms with Gasteiger partial charge in [0.05, 0.1) is 12.7 Å². The van der Waals surface area contributed by atoms with E-state index in [1.165, 1.54) is 0 Å². The monoisotopic (exact) mass is 246 g/mol. The van der Waals surface area contributed by atoms with Crippen LogP contribution in [0.5, 0.6) is 0 Å². The number of ether oxygens (including phenoxy) is 2. The van der Waals surface area contributed by atoms with E-state index in [9.17, 15) is 0 Å². The van der Waals surface area contributed by atoms with Crippen LogP contribution in [0.25, 0.3) is 0 Å². The molecule has 1 rings (SSSR count). The van der Waals surface area contributed by atoms with Crippen molar-refractivity contribution in [3.05, 3.63) is 0 Å². The van der Waals surface area contributed by atoms with Gasteiger partial charge in [-0.1, -0.05) is 0 Å². The highest BCUT2D eigenvalue weighted by atomic mass is 32.1. The molecule has 1 saturated carbocycles. The van der Waals surface area contributed by atoms with Gasteiger partial charge in [-0.2, -0.15) is 0 Å². The summed E-state index contributed by atoms with van der Waals surface area (Å²) in [7, 11) is 1.69. The summed E-state index contributed by atoms with van der Waals surface area (Å²) in [6.07, 6.45) is 2.52. The second-order valence-corrected chi connectivity index (χ2v) is 4.63. The summed E-state index contributed by atoms with van der Waals surface area (Å²) in [5.41, 5.74) is 0. The van der Waals surface area contributed by atoms with Gasteiger partial charge in [0.25, 0.3) is 0 Å². The number of hydrogen-bond acceptors (Lipinski definition) is 3. The van der Waals surface area contributed by atoms with E-state index >= 15 is 0 Å². The van der Waals surface area contributed by atoms with Crippen molar-refractivity contribution in [2.45, 2.75) is 44.9 Å². The molecule has 0 saturated heterocycles. The van der Waals surface area contributed by atoms with E-state index in [2.05, 4.69) is 10.6 Å². The predicted molar refractivity (Wildman–Crippen MR) is 68.6 cm³/mol. The molecular weight excluding hydrogens is 224 g/mol. The van der Waals surface area contributed by atoms with Crippen molar-refractivity contribution in [2.75, 3.05) is 20.3 Å². The third kappa shape index (κ3) is 4.63. The number of rotatable bonds is 6. The molecule has 1 fully saturated rings. The van der Waals surface area contributed by atoms with Crippen LogP contribution in [0.3, 0.4) is 0 Å². The number of methoxy groups -OCH3 is 1. The van der Waals surface area contributed by atoms with Gasteiger partial charge in [0.2, 0.25) is 0 Å². The van der Waals surface area contributed by atoms with Crippen molar-refractivity contribution in [3.63, 3.8) is 0 Å². The fourth-order valence-electron chi connectivity index (χ4n) is 1.80. The highest BCUT2D eigenvalue weighted by molar-refractivity contribution is 7.80. The molecule has 0 aromatic rings. The molecule has 0 aliphatic heterocycles. The van der Waals surface area contributed by atoms with E-state index in [0.717, 1.165) is 19.4 Å². The van der Waals surface area contributed by atoms with Crippen LogP contribution in [0.1, 0.15) is 26.7 Å². The summed E-state index contributed by atoms with van der Waals surface area (Å²) in [6, 6.07) is 0.707. The summed E-state index contributed by atoms with van der Waals surface area (Å²) in [4.78, 5) is 0. The second kappa shape index (κ2) is 7.04. The average Bonchev–Trinajstić information content (AvgIpc) is 2.14. The maximum Gasteiger partial charge on any atom is 0.166 e. The van der Waals surface area contributed by atoms with Crippen LogP contribution in [0, 0.1) is 0 Å². The van der Waals surface area contributed by atoms with Crippen molar-refractivity contribution in [1.82, 2.24) is 10.6 Å². The maximum atomic E-state index is 5.49. The van der Waals surface area contributed by atoms with Crippen LogP contribution < -0.4 is 10.6 Å². The minimum absolute atomic E-state index is 0.243. The van der Waals surface area contributed by atoms with Crippen molar-refractivity contribution in [2.24, 2.45) is 0 Å². The Bertz CT molecular complexity index is 220. The van der Waals surface area contributed by atoms with Crippen molar-refractivity contribution in [3.8, 4) is 0 Å². The normalized spacial score (nSPS) is 25.7. The van der Waals surface area contributed by atoms with Gasteiger partial charge >= 0.3 is 0 Å². The smallest absolute Gasteiger partial charge is 0.166 e. The van der Waals surface area contributed by atoms with Crippen LogP contribution in [0.2, 0.25) is 0 Å². The molecule has 1 atom stereocenters. The summed E-state index contributed by atoms with van der Waals surface area (Å²) in [6.45, 7) is 5.53. The van der Waals surface area contributed by atoms with Crippen LogP contribution in [0.4, 0.5) is 0 Å². The molecular formula is C11H22N2O2S. The fraction of sp³-hybridized carbons (Fsp3) is 0.909. The Morgan fingerprint density at radius 1 is 1.50 bits per heavy atom. The molecule has 16 heavy (non-hydrogen) atoms. The Kier molecular flexibility index (Phi) is 6.01. The molecule has 5 heteroatoms. The van der Waals surface area contributed by atoms with Crippen molar-refractivity contribution >= 4 is 17.3 Å². The molecule has 0 spiro atoms. The Morgan fingerprint density at radius 3 is 2.75 bits per heavy atom. The Balaban J connectivity index is 2.07. The van der Waals surface area contributed by atoms with Gasteiger partial charge in [0.15, 0.2) is 5.11 Å². The van der Waals surface area contributed by atoms with E-state index in [0.29, 0.717) is 23.9 Å². The minimum atomic E-state index is 0.243. The lowest BCUT2D eigenvalue weighted by Crippen LogP contribution is -2.52. The molecule has 0 radical (unpaired) electrons. The number of nitrogens with one attached hydrogen (secondary N) is 2. The van der Waals surface area contributed by atoms with Gasteiger partial charge in [-0.15, -0.1) is 0 Å². The molecule has 0 heterocycles. The summed E-state index contributed by atoms with van der Waals surface area (Å²) >= 11 is 5.21. The molecule has 1 aliphatic carbocycles. The first-order chi connectivity index (χ1) is 7.65. The van der Waals surface area contributed by atoms with E-state index in [1.807, 2.05) is 13.8 Å². The lowest BCUT2D eigenvalue weighted by atomic mass is 9.89. The zero-order valence-corrected chi connectivity index (χ0v) is 11.1.